The van der Waals surface area contributed by atoms with E-state index in [4.69, 9.17) is 11.6 Å². The van der Waals surface area contributed by atoms with Gasteiger partial charge in [-0.2, -0.15) is 0 Å². The van der Waals surface area contributed by atoms with Gasteiger partial charge in [-0.15, -0.1) is 0 Å². The highest BCUT2D eigenvalue weighted by Crippen LogP contribution is 2.61. The predicted molar refractivity (Wildman–Crippen MR) is 134 cm³/mol. The molecule has 0 atom stereocenters. The molecule has 2 aromatic carbocycles. The van der Waals surface area contributed by atoms with Crippen LogP contribution in [-0.4, -0.2) is 19.9 Å². The average Bonchev–Trinajstić information content (AvgIpc) is 2.60. The molecule has 160 valence electrons. The highest BCUT2D eigenvalue weighted by atomic mass is 79.9. The molecule has 6 nitrogen and oxygen atoms in total. The number of aromatic nitrogens is 4. The molecule has 0 bridgehead atoms. The quantitative estimate of drug-likeness (QED) is 0.197. The van der Waals surface area contributed by atoms with Crippen molar-refractivity contribution < 1.29 is 4.57 Å². The second kappa shape index (κ2) is 12.3. The summed E-state index contributed by atoms with van der Waals surface area (Å²) in [5.74, 6) is 0. The molecule has 0 saturated heterocycles. The second-order valence-corrected chi connectivity index (χ2v) is 14.0. The Kier molecular flexibility index (Phi) is 11.2. The van der Waals surface area contributed by atoms with Gasteiger partial charge in [0.15, 0.2) is 0 Å². The normalized spacial score (nSPS) is 10.3. The molecule has 30 heavy (non-hydrogen) atoms. The molecule has 4 rings (SSSR count). The van der Waals surface area contributed by atoms with E-state index in [1.807, 2.05) is 36.4 Å². The maximum atomic E-state index is 10.9. The van der Waals surface area contributed by atoms with Gasteiger partial charge in [0, 0.05) is 8.95 Å². The number of halogens is 6. The average molecular weight is 638 g/mol. The van der Waals surface area contributed by atoms with E-state index in [0.29, 0.717) is 5.15 Å². The molecule has 0 spiro atoms. The van der Waals surface area contributed by atoms with Crippen LogP contribution in [0.5, 0.6) is 0 Å². The molecule has 0 unspecified atom stereocenters. The zero-order valence-electron chi connectivity index (χ0n) is 14.0. The lowest BCUT2D eigenvalue weighted by Gasteiger charge is -1.96. The molecule has 0 aliphatic rings. The van der Waals surface area contributed by atoms with Crippen LogP contribution in [0, 0.1) is 0 Å². The molecule has 0 fully saturated rings. The smallest absolute Gasteiger partial charge is 0.319 e. The van der Waals surface area contributed by atoms with E-state index in [2.05, 4.69) is 85.5 Å². The van der Waals surface area contributed by atoms with Crippen LogP contribution in [0.3, 0.4) is 0 Å². The van der Waals surface area contributed by atoms with Crippen LogP contribution in [0.1, 0.15) is 7.43 Å². The number of nitrogens with zero attached hydrogens (tertiary/aromatic N) is 3. The fourth-order valence-corrected chi connectivity index (χ4v) is 2.83. The molecule has 0 radical (unpaired) electrons. The topological polar surface area (TPSA) is 88.6 Å². The van der Waals surface area contributed by atoms with E-state index >= 15 is 0 Å². The first-order valence-corrected chi connectivity index (χ1v) is 13.8. The summed E-state index contributed by atoms with van der Waals surface area (Å²) >= 11 is 26.2. The van der Waals surface area contributed by atoms with Crippen molar-refractivity contribution in [3.63, 3.8) is 0 Å². The number of rotatable bonds is 0. The molecular weight excluding hydrogens is 625 g/mol. The Morgan fingerprint density at radius 1 is 0.867 bits per heavy atom. The van der Waals surface area contributed by atoms with Gasteiger partial charge in [0.05, 0.1) is 34.5 Å². The Hall–Kier alpha value is -0.730. The zero-order chi connectivity index (χ0) is 21.6. The highest BCUT2D eigenvalue weighted by molar-refractivity contribution is 9.10. The summed E-state index contributed by atoms with van der Waals surface area (Å²) in [5, 5.41) is -2.80. The van der Waals surface area contributed by atoms with E-state index in [-0.39, 0.29) is 13.0 Å². The molecule has 0 amide bonds. The van der Waals surface area contributed by atoms with Crippen LogP contribution < -0.4 is 5.56 Å². The van der Waals surface area contributed by atoms with Gasteiger partial charge >= 0.3 is 5.20 Å². The fraction of sp³-hybridized carbons (Fsp3) is 0.0588. The van der Waals surface area contributed by atoms with Gasteiger partial charge in [0.25, 0.3) is 5.56 Å². The minimum absolute atomic E-state index is 0. The van der Waals surface area contributed by atoms with Crippen molar-refractivity contribution in [1.82, 2.24) is 19.9 Å². The maximum absolute atomic E-state index is 10.9. The number of nitrogens with one attached hydrogen (secondary N) is 1. The van der Waals surface area contributed by atoms with E-state index in [9.17, 15) is 9.36 Å². The molecule has 0 saturated carbocycles. The number of fused-ring (bicyclic) bond motifs is 2. The Morgan fingerprint density at radius 2 is 1.40 bits per heavy atom. The lowest BCUT2D eigenvalue weighted by molar-refractivity contribution is 0.600. The largest absolute Gasteiger partial charge is 0.339 e. The molecule has 2 heterocycles. The van der Waals surface area contributed by atoms with Gasteiger partial charge in [0.2, 0.25) is 0 Å². The van der Waals surface area contributed by atoms with Gasteiger partial charge in [-0.25, -0.2) is 9.97 Å². The standard InChI is InChI=1S/C8H4BrClN2.C8H5BrN2O.CH4.Cl3OP/c9-5-1-2-6-7(3-5)12-8(10)4-11-6;9-5-1-2-6-7(3-5)11-8(12)4-10-6;;1-5(2,3)4/h1-4H;1-4H,(H,11,12);1H4;. The molecular formula is C17H13Br2Cl4N4O2P. The van der Waals surface area contributed by atoms with Gasteiger partial charge in [-0.05, 0) is 70.1 Å². The Labute approximate surface area is 208 Å². The Balaban J connectivity index is 0.000000241. The van der Waals surface area contributed by atoms with Crippen molar-refractivity contribution in [2.75, 3.05) is 0 Å². The third kappa shape index (κ3) is 10.1. The van der Waals surface area contributed by atoms with Crippen molar-refractivity contribution in [2.24, 2.45) is 0 Å². The number of H-pyrrole nitrogens is 1. The highest BCUT2D eigenvalue weighted by Gasteiger charge is 2.03. The van der Waals surface area contributed by atoms with Crippen LogP contribution in [-0.2, 0) is 4.57 Å². The van der Waals surface area contributed by atoms with Crippen molar-refractivity contribution in [1.29, 1.82) is 0 Å². The fourth-order valence-electron chi connectivity index (χ4n) is 1.98. The summed E-state index contributed by atoms with van der Waals surface area (Å²) in [6.07, 6.45) is 2.81. The second-order valence-electron chi connectivity index (χ2n) is 5.13. The van der Waals surface area contributed by atoms with Crippen molar-refractivity contribution in [3.05, 3.63) is 73.2 Å². The number of benzene rings is 2. The summed E-state index contributed by atoms with van der Waals surface area (Å²) in [6, 6.07) is 11.2. The maximum Gasteiger partial charge on any atom is 0.339 e. The molecule has 1 N–H and O–H groups in total. The SMILES string of the molecule is C.Clc1cnc2ccc(Br)cc2n1.O=P(Cl)(Cl)Cl.O=c1cnc2ccc(Br)cc2[nH]1. The van der Waals surface area contributed by atoms with Crippen LogP contribution >= 0.6 is 82.4 Å². The van der Waals surface area contributed by atoms with E-state index in [1.165, 1.54) is 12.4 Å². The van der Waals surface area contributed by atoms with Crippen molar-refractivity contribution in [2.45, 2.75) is 7.43 Å². The van der Waals surface area contributed by atoms with Crippen LogP contribution in [0.25, 0.3) is 22.1 Å². The third-order valence-corrected chi connectivity index (χ3v) is 4.18. The minimum Gasteiger partial charge on any atom is -0.319 e. The van der Waals surface area contributed by atoms with Gasteiger partial charge in [-0.1, -0.05) is 50.9 Å². The Bertz CT molecular complexity index is 1210. The molecule has 13 heteroatoms. The lowest BCUT2D eigenvalue weighted by Crippen LogP contribution is -2.04. The third-order valence-electron chi connectivity index (χ3n) is 3.01. The summed E-state index contributed by atoms with van der Waals surface area (Å²) in [7, 11) is 0. The summed E-state index contributed by atoms with van der Waals surface area (Å²) in [6.45, 7) is 0. The Morgan fingerprint density at radius 3 is 2.03 bits per heavy atom. The van der Waals surface area contributed by atoms with E-state index in [1.54, 1.807) is 0 Å². The van der Waals surface area contributed by atoms with Crippen LogP contribution in [0.2, 0.25) is 5.15 Å². The lowest BCUT2D eigenvalue weighted by atomic mass is 10.3. The molecule has 2 aromatic heterocycles. The first-order valence-electron chi connectivity index (χ1n) is 7.42. The molecule has 4 aromatic rings. The number of hydrogen-bond acceptors (Lipinski definition) is 5. The van der Waals surface area contributed by atoms with E-state index in [0.717, 1.165) is 31.0 Å². The number of aromatic amines is 1. The molecule has 0 aliphatic carbocycles. The first-order chi connectivity index (χ1) is 13.5. The van der Waals surface area contributed by atoms with Gasteiger partial charge in [0.1, 0.15) is 5.15 Å². The minimum atomic E-state index is -3.22. The monoisotopic (exact) mass is 634 g/mol. The van der Waals surface area contributed by atoms with Gasteiger partial charge < -0.3 is 4.98 Å². The van der Waals surface area contributed by atoms with Crippen LogP contribution in [0.15, 0.2) is 62.5 Å². The first kappa shape index (κ1) is 27.3. The van der Waals surface area contributed by atoms with Crippen molar-refractivity contribution >= 4 is 104 Å². The van der Waals surface area contributed by atoms with E-state index < -0.39 is 5.20 Å². The number of hydrogen-bond donors (Lipinski definition) is 1. The summed E-state index contributed by atoms with van der Waals surface area (Å²) in [4.78, 5) is 25.7. The summed E-state index contributed by atoms with van der Waals surface area (Å²) < 4.78 is 11.4. The van der Waals surface area contributed by atoms with Crippen molar-refractivity contribution in [3.8, 4) is 0 Å². The van der Waals surface area contributed by atoms with Gasteiger partial charge in [-0.3, -0.25) is 14.3 Å². The zero-order valence-corrected chi connectivity index (χ0v) is 21.1. The predicted octanol–water partition coefficient (Wildman–Crippen LogP) is 8.18. The van der Waals surface area contributed by atoms with Crippen LogP contribution in [0.4, 0.5) is 0 Å². The summed E-state index contributed by atoms with van der Waals surface area (Å²) in [5.41, 5.74) is 3.01. The molecule has 0 aliphatic heterocycles.